The summed E-state index contributed by atoms with van der Waals surface area (Å²) >= 11 is 0. The molecule has 0 aliphatic carbocycles. The Bertz CT molecular complexity index is 357. The summed E-state index contributed by atoms with van der Waals surface area (Å²) in [4.78, 5) is 6.62. The zero-order chi connectivity index (χ0) is 14.4. The monoisotopic (exact) mass is 266 g/mol. The highest BCUT2D eigenvalue weighted by molar-refractivity contribution is 5.04. The largest absolute Gasteiger partial charge is 0.333 e. The highest BCUT2D eigenvalue weighted by Crippen LogP contribution is 2.18. The van der Waals surface area contributed by atoms with Gasteiger partial charge in [0.15, 0.2) is 0 Å². The Kier molecular flexibility index (Phi) is 6.52. The highest BCUT2D eigenvalue weighted by Gasteiger charge is 2.13. The molecule has 0 fully saturated rings. The maximum absolute atomic E-state index is 6.25. The van der Waals surface area contributed by atoms with Crippen LogP contribution < -0.4 is 5.73 Å². The van der Waals surface area contributed by atoms with Crippen molar-refractivity contribution in [2.75, 3.05) is 13.6 Å². The third kappa shape index (κ3) is 5.33. The molecule has 2 N–H and O–H groups in total. The molecule has 0 saturated carbocycles. The molecule has 4 heteroatoms. The smallest absolute Gasteiger partial charge is 0.0948 e. The van der Waals surface area contributed by atoms with Crippen LogP contribution in [0, 0.1) is 5.92 Å². The molecule has 1 heterocycles. The Morgan fingerprint density at radius 3 is 2.58 bits per heavy atom. The molecule has 0 saturated heterocycles. The van der Waals surface area contributed by atoms with Crippen molar-refractivity contribution in [1.29, 1.82) is 0 Å². The standard InChI is InChI=1S/C15H30N4/c1-12(2)9-14(16)15-10-17-11-19(15)8-6-7-18(5)13(3)4/h10-14H,6-9,16H2,1-5H3. The van der Waals surface area contributed by atoms with Crippen LogP contribution in [0.15, 0.2) is 12.5 Å². The van der Waals surface area contributed by atoms with Crippen molar-refractivity contribution < 1.29 is 0 Å². The molecular weight excluding hydrogens is 236 g/mol. The van der Waals surface area contributed by atoms with Crippen molar-refractivity contribution in [3.8, 4) is 0 Å². The van der Waals surface area contributed by atoms with Crippen LogP contribution in [0.5, 0.6) is 0 Å². The summed E-state index contributed by atoms with van der Waals surface area (Å²) < 4.78 is 2.21. The van der Waals surface area contributed by atoms with E-state index in [4.69, 9.17) is 5.73 Å². The molecule has 1 rings (SSSR count). The van der Waals surface area contributed by atoms with Crippen molar-refractivity contribution in [1.82, 2.24) is 14.5 Å². The van der Waals surface area contributed by atoms with Gasteiger partial charge in [-0.3, -0.25) is 0 Å². The lowest BCUT2D eigenvalue weighted by atomic mass is 10.0. The van der Waals surface area contributed by atoms with Crippen molar-refractivity contribution in [2.24, 2.45) is 11.7 Å². The molecule has 110 valence electrons. The number of imidazole rings is 1. The van der Waals surface area contributed by atoms with Gasteiger partial charge in [0.2, 0.25) is 0 Å². The molecule has 0 aromatic carbocycles. The first-order valence-electron chi connectivity index (χ1n) is 7.37. The molecule has 1 atom stereocenters. The van der Waals surface area contributed by atoms with Gasteiger partial charge in [-0.15, -0.1) is 0 Å². The number of aromatic nitrogens is 2. The summed E-state index contributed by atoms with van der Waals surface area (Å²) in [5.41, 5.74) is 7.42. The van der Waals surface area contributed by atoms with E-state index in [9.17, 15) is 0 Å². The molecule has 1 unspecified atom stereocenters. The number of nitrogens with two attached hydrogens (primary N) is 1. The van der Waals surface area contributed by atoms with E-state index in [2.05, 4.69) is 49.2 Å². The fourth-order valence-electron chi connectivity index (χ4n) is 2.20. The first-order valence-corrected chi connectivity index (χ1v) is 7.37. The van der Waals surface area contributed by atoms with E-state index in [0.29, 0.717) is 12.0 Å². The Labute approximate surface area is 118 Å². The predicted octanol–water partition coefficient (Wildman–Crippen LogP) is 2.66. The third-order valence-corrected chi connectivity index (χ3v) is 3.64. The van der Waals surface area contributed by atoms with Gasteiger partial charge in [0.25, 0.3) is 0 Å². The minimum atomic E-state index is 0.102. The van der Waals surface area contributed by atoms with E-state index in [1.165, 1.54) is 5.69 Å². The summed E-state index contributed by atoms with van der Waals surface area (Å²) in [6.07, 6.45) is 5.97. The molecule has 0 amide bonds. The molecule has 4 nitrogen and oxygen atoms in total. The van der Waals surface area contributed by atoms with E-state index in [1.807, 2.05) is 12.5 Å². The van der Waals surface area contributed by atoms with Crippen LogP contribution in [0.3, 0.4) is 0 Å². The van der Waals surface area contributed by atoms with Gasteiger partial charge >= 0.3 is 0 Å². The minimum absolute atomic E-state index is 0.102. The normalized spacial score (nSPS) is 13.7. The van der Waals surface area contributed by atoms with Crippen molar-refractivity contribution in [3.05, 3.63) is 18.2 Å². The van der Waals surface area contributed by atoms with Crippen molar-refractivity contribution in [2.45, 2.75) is 59.2 Å². The van der Waals surface area contributed by atoms with E-state index in [-0.39, 0.29) is 6.04 Å². The quantitative estimate of drug-likeness (QED) is 0.787. The molecule has 0 spiro atoms. The van der Waals surface area contributed by atoms with Crippen LogP contribution in [0.4, 0.5) is 0 Å². The van der Waals surface area contributed by atoms with Gasteiger partial charge < -0.3 is 15.2 Å². The third-order valence-electron chi connectivity index (χ3n) is 3.64. The second-order valence-electron chi connectivity index (χ2n) is 6.18. The molecule has 1 aromatic rings. The van der Waals surface area contributed by atoms with Crippen LogP contribution in [0.25, 0.3) is 0 Å². The lowest BCUT2D eigenvalue weighted by Gasteiger charge is -2.21. The Morgan fingerprint density at radius 2 is 2.00 bits per heavy atom. The van der Waals surface area contributed by atoms with Gasteiger partial charge in [-0.25, -0.2) is 4.98 Å². The summed E-state index contributed by atoms with van der Waals surface area (Å²) in [6, 6.07) is 0.704. The van der Waals surface area contributed by atoms with Crippen molar-refractivity contribution in [3.63, 3.8) is 0 Å². The molecule has 0 radical (unpaired) electrons. The van der Waals surface area contributed by atoms with Crippen LogP contribution in [0.1, 0.15) is 52.3 Å². The van der Waals surface area contributed by atoms with Crippen LogP contribution in [0.2, 0.25) is 0 Å². The van der Waals surface area contributed by atoms with E-state index in [0.717, 1.165) is 25.9 Å². The van der Waals surface area contributed by atoms with Gasteiger partial charge in [-0.1, -0.05) is 13.8 Å². The topological polar surface area (TPSA) is 47.1 Å². The summed E-state index contributed by atoms with van der Waals surface area (Å²) in [5, 5.41) is 0. The molecule has 19 heavy (non-hydrogen) atoms. The maximum Gasteiger partial charge on any atom is 0.0948 e. The average Bonchev–Trinajstić information content (AvgIpc) is 2.76. The van der Waals surface area contributed by atoms with Gasteiger partial charge in [-0.2, -0.15) is 0 Å². The average molecular weight is 266 g/mol. The highest BCUT2D eigenvalue weighted by atomic mass is 15.1. The molecule has 0 aliphatic rings. The van der Waals surface area contributed by atoms with Gasteiger partial charge in [0.1, 0.15) is 0 Å². The number of rotatable bonds is 8. The fourth-order valence-corrected chi connectivity index (χ4v) is 2.20. The van der Waals surface area contributed by atoms with Crippen molar-refractivity contribution >= 4 is 0 Å². The summed E-state index contributed by atoms with van der Waals surface area (Å²) in [6.45, 7) is 11.0. The molecule has 0 bridgehead atoms. The van der Waals surface area contributed by atoms with E-state index < -0.39 is 0 Å². The predicted molar refractivity (Wildman–Crippen MR) is 81.0 cm³/mol. The number of hydrogen-bond acceptors (Lipinski definition) is 3. The van der Waals surface area contributed by atoms with Crippen LogP contribution in [-0.2, 0) is 6.54 Å². The van der Waals surface area contributed by atoms with E-state index in [1.54, 1.807) is 0 Å². The summed E-state index contributed by atoms with van der Waals surface area (Å²) in [7, 11) is 2.17. The number of nitrogens with zero attached hydrogens (tertiary/aromatic N) is 3. The number of hydrogen-bond donors (Lipinski definition) is 1. The SMILES string of the molecule is CC(C)CC(N)c1cncn1CCCN(C)C(C)C. The zero-order valence-electron chi connectivity index (χ0n) is 13.1. The first kappa shape index (κ1) is 16.2. The maximum atomic E-state index is 6.25. The van der Waals surface area contributed by atoms with Crippen LogP contribution in [-0.4, -0.2) is 34.1 Å². The Balaban J connectivity index is 2.49. The second-order valence-corrected chi connectivity index (χ2v) is 6.18. The van der Waals surface area contributed by atoms with Gasteiger partial charge in [-0.05, 0) is 46.2 Å². The fraction of sp³-hybridized carbons (Fsp3) is 0.800. The van der Waals surface area contributed by atoms with Gasteiger partial charge in [0, 0.05) is 24.8 Å². The number of aryl methyl sites for hydroxylation is 1. The molecule has 1 aromatic heterocycles. The molecule has 0 aliphatic heterocycles. The summed E-state index contributed by atoms with van der Waals surface area (Å²) in [5.74, 6) is 0.616. The Morgan fingerprint density at radius 1 is 1.32 bits per heavy atom. The van der Waals surface area contributed by atoms with Crippen LogP contribution >= 0.6 is 0 Å². The van der Waals surface area contributed by atoms with E-state index >= 15 is 0 Å². The minimum Gasteiger partial charge on any atom is -0.333 e. The lowest BCUT2D eigenvalue weighted by molar-refractivity contribution is 0.264. The first-order chi connectivity index (χ1) is 8.91. The lowest BCUT2D eigenvalue weighted by Crippen LogP contribution is -2.28. The molecular formula is C15H30N4. The zero-order valence-corrected chi connectivity index (χ0v) is 13.1. The van der Waals surface area contributed by atoms with Gasteiger partial charge in [0.05, 0.1) is 12.0 Å². The second kappa shape index (κ2) is 7.65. The Hall–Kier alpha value is -0.870.